The number of benzene rings is 1. The predicted molar refractivity (Wildman–Crippen MR) is 65.4 cm³/mol. The lowest BCUT2D eigenvalue weighted by Gasteiger charge is -2.07. The molecule has 0 fully saturated rings. The summed E-state index contributed by atoms with van der Waals surface area (Å²) in [4.78, 5) is 18.0. The van der Waals surface area contributed by atoms with Crippen molar-refractivity contribution >= 4 is 27.5 Å². The number of aromatic amines is 1. The number of amides is 1. The van der Waals surface area contributed by atoms with Gasteiger partial charge in [-0.3, -0.25) is 4.79 Å². The monoisotopic (exact) mass is 297 g/mol. The first-order chi connectivity index (χ1) is 8.08. The first kappa shape index (κ1) is 11.8. The third-order valence-electron chi connectivity index (χ3n) is 2.24. The van der Waals surface area contributed by atoms with E-state index in [-0.39, 0.29) is 11.4 Å². The molecule has 0 bridgehead atoms. The summed E-state index contributed by atoms with van der Waals surface area (Å²) in [5.74, 6) is -0.918. The highest BCUT2D eigenvalue weighted by molar-refractivity contribution is 9.10. The Balaban J connectivity index is 2.25. The molecule has 4 nitrogen and oxygen atoms in total. The van der Waals surface area contributed by atoms with E-state index >= 15 is 0 Å². The van der Waals surface area contributed by atoms with Crippen molar-refractivity contribution in [2.75, 3.05) is 5.32 Å². The van der Waals surface area contributed by atoms with Crippen LogP contribution in [0.2, 0.25) is 0 Å². The Labute approximate surface area is 105 Å². The fourth-order valence-corrected chi connectivity index (χ4v) is 1.64. The Morgan fingerprint density at radius 1 is 1.53 bits per heavy atom. The summed E-state index contributed by atoms with van der Waals surface area (Å²) in [6.45, 7) is 1.81. The average molecular weight is 298 g/mol. The van der Waals surface area contributed by atoms with Gasteiger partial charge in [0.25, 0.3) is 5.91 Å². The molecule has 0 aliphatic carbocycles. The fraction of sp³-hybridized carbons (Fsp3) is 0.0909. The van der Waals surface area contributed by atoms with Gasteiger partial charge in [-0.05, 0) is 24.6 Å². The Bertz CT molecular complexity index is 554. The highest BCUT2D eigenvalue weighted by atomic mass is 79.9. The van der Waals surface area contributed by atoms with Crippen LogP contribution in [-0.2, 0) is 0 Å². The molecule has 0 saturated carbocycles. The van der Waals surface area contributed by atoms with Crippen LogP contribution in [-0.4, -0.2) is 15.9 Å². The topological polar surface area (TPSA) is 57.8 Å². The van der Waals surface area contributed by atoms with Gasteiger partial charge in [0.2, 0.25) is 0 Å². The molecule has 0 atom stereocenters. The zero-order chi connectivity index (χ0) is 12.4. The largest absolute Gasteiger partial charge is 0.341 e. The van der Waals surface area contributed by atoms with Crippen molar-refractivity contribution in [1.82, 2.24) is 9.97 Å². The number of hydrogen-bond acceptors (Lipinski definition) is 2. The number of aryl methyl sites for hydroxylation is 1. The molecule has 0 aliphatic heterocycles. The molecule has 0 spiro atoms. The summed E-state index contributed by atoms with van der Waals surface area (Å²) in [6, 6.07) is 2.88. The lowest BCUT2D eigenvalue weighted by molar-refractivity contribution is 0.102. The van der Waals surface area contributed by atoms with E-state index in [0.29, 0.717) is 4.47 Å². The lowest BCUT2D eigenvalue weighted by atomic mass is 10.2. The van der Waals surface area contributed by atoms with Crippen LogP contribution in [0, 0.1) is 12.7 Å². The average Bonchev–Trinajstić information content (AvgIpc) is 2.79. The third kappa shape index (κ3) is 2.52. The number of nitrogens with one attached hydrogen (secondary N) is 2. The van der Waals surface area contributed by atoms with Crippen molar-refractivity contribution in [2.24, 2.45) is 0 Å². The minimum atomic E-state index is -0.490. The normalized spacial score (nSPS) is 10.3. The van der Waals surface area contributed by atoms with Crippen LogP contribution < -0.4 is 5.32 Å². The molecule has 2 rings (SSSR count). The molecule has 88 valence electrons. The van der Waals surface area contributed by atoms with E-state index in [2.05, 4.69) is 31.2 Å². The molecule has 6 heteroatoms. The Hall–Kier alpha value is -1.69. The second kappa shape index (κ2) is 4.67. The van der Waals surface area contributed by atoms with Gasteiger partial charge >= 0.3 is 0 Å². The van der Waals surface area contributed by atoms with Crippen LogP contribution in [0.25, 0.3) is 0 Å². The molecule has 0 aliphatic rings. The number of halogens is 2. The Morgan fingerprint density at radius 2 is 2.29 bits per heavy atom. The summed E-state index contributed by atoms with van der Waals surface area (Å²) in [6.07, 6.45) is 2.76. The number of hydrogen-bond donors (Lipinski definition) is 2. The number of rotatable bonds is 2. The lowest BCUT2D eigenvalue weighted by Crippen LogP contribution is -2.13. The van der Waals surface area contributed by atoms with Crippen molar-refractivity contribution in [3.8, 4) is 0 Å². The van der Waals surface area contributed by atoms with Crippen molar-refractivity contribution in [3.63, 3.8) is 0 Å². The summed E-state index contributed by atoms with van der Waals surface area (Å²) >= 11 is 3.22. The standard InChI is InChI=1S/C11H9BrFN3O/c1-6-2-9(8(13)3-7(6)12)16-11(17)10-4-14-5-15-10/h2-5H,1H3,(H,14,15)(H,16,17). The summed E-state index contributed by atoms with van der Waals surface area (Å²) in [7, 11) is 0. The molecule has 2 N–H and O–H groups in total. The second-order valence-corrected chi connectivity index (χ2v) is 4.35. The quantitative estimate of drug-likeness (QED) is 0.895. The van der Waals surface area contributed by atoms with Crippen LogP contribution >= 0.6 is 15.9 Å². The van der Waals surface area contributed by atoms with Crippen LogP contribution in [0.15, 0.2) is 29.1 Å². The van der Waals surface area contributed by atoms with E-state index in [9.17, 15) is 9.18 Å². The molecule has 1 amide bonds. The van der Waals surface area contributed by atoms with Crippen molar-refractivity contribution in [3.05, 3.63) is 46.2 Å². The molecule has 17 heavy (non-hydrogen) atoms. The van der Waals surface area contributed by atoms with Gasteiger partial charge in [-0.1, -0.05) is 15.9 Å². The smallest absolute Gasteiger partial charge is 0.273 e. The number of H-pyrrole nitrogens is 1. The zero-order valence-electron chi connectivity index (χ0n) is 8.92. The first-order valence-electron chi connectivity index (χ1n) is 4.83. The van der Waals surface area contributed by atoms with E-state index in [1.54, 1.807) is 6.07 Å². The predicted octanol–water partition coefficient (Wildman–Crippen LogP) is 2.87. The summed E-state index contributed by atoms with van der Waals surface area (Å²) in [5, 5.41) is 2.47. The molecule has 1 heterocycles. The highest BCUT2D eigenvalue weighted by Gasteiger charge is 2.11. The van der Waals surface area contributed by atoms with Gasteiger partial charge in [-0.15, -0.1) is 0 Å². The fourth-order valence-electron chi connectivity index (χ4n) is 1.32. The minimum Gasteiger partial charge on any atom is -0.341 e. The van der Waals surface area contributed by atoms with Crippen molar-refractivity contribution in [1.29, 1.82) is 0 Å². The maximum atomic E-state index is 13.6. The van der Waals surface area contributed by atoms with Crippen LogP contribution in [0.1, 0.15) is 16.1 Å². The zero-order valence-corrected chi connectivity index (χ0v) is 10.5. The van der Waals surface area contributed by atoms with E-state index < -0.39 is 11.7 Å². The molecule has 2 aromatic rings. The molecule has 0 radical (unpaired) electrons. The van der Waals surface area contributed by atoms with Gasteiger partial charge in [-0.25, -0.2) is 9.37 Å². The second-order valence-electron chi connectivity index (χ2n) is 3.50. The van der Waals surface area contributed by atoms with Gasteiger partial charge in [0.1, 0.15) is 11.5 Å². The maximum absolute atomic E-state index is 13.6. The van der Waals surface area contributed by atoms with E-state index in [4.69, 9.17) is 0 Å². The van der Waals surface area contributed by atoms with Crippen LogP contribution in [0.3, 0.4) is 0 Å². The first-order valence-corrected chi connectivity index (χ1v) is 5.62. The van der Waals surface area contributed by atoms with E-state index in [1.165, 1.54) is 18.6 Å². The van der Waals surface area contributed by atoms with Gasteiger partial charge in [0.05, 0.1) is 18.2 Å². The van der Waals surface area contributed by atoms with Gasteiger partial charge in [-0.2, -0.15) is 0 Å². The number of carbonyl (C=O) groups is 1. The molecule has 0 saturated heterocycles. The van der Waals surface area contributed by atoms with E-state index in [0.717, 1.165) is 5.56 Å². The molecule has 1 aromatic carbocycles. The van der Waals surface area contributed by atoms with Gasteiger partial charge in [0.15, 0.2) is 0 Å². The Kier molecular flexibility index (Phi) is 3.23. The molecular formula is C11H9BrFN3O. The molecule has 1 aromatic heterocycles. The maximum Gasteiger partial charge on any atom is 0.273 e. The van der Waals surface area contributed by atoms with E-state index in [1.807, 2.05) is 6.92 Å². The van der Waals surface area contributed by atoms with Crippen LogP contribution in [0.4, 0.5) is 10.1 Å². The van der Waals surface area contributed by atoms with Gasteiger partial charge in [0, 0.05) is 4.47 Å². The number of imidazole rings is 1. The number of aromatic nitrogens is 2. The number of carbonyl (C=O) groups excluding carboxylic acids is 1. The number of anilines is 1. The summed E-state index contributed by atoms with van der Waals surface area (Å²) in [5.41, 5.74) is 1.27. The number of nitrogens with zero attached hydrogens (tertiary/aromatic N) is 1. The van der Waals surface area contributed by atoms with Crippen molar-refractivity contribution < 1.29 is 9.18 Å². The summed E-state index contributed by atoms with van der Waals surface area (Å²) < 4.78 is 14.2. The van der Waals surface area contributed by atoms with Crippen molar-refractivity contribution in [2.45, 2.75) is 6.92 Å². The third-order valence-corrected chi connectivity index (χ3v) is 3.09. The van der Waals surface area contributed by atoms with Gasteiger partial charge < -0.3 is 10.3 Å². The molecular weight excluding hydrogens is 289 g/mol. The molecule has 0 unspecified atom stereocenters. The van der Waals surface area contributed by atoms with Crippen LogP contribution in [0.5, 0.6) is 0 Å². The SMILES string of the molecule is Cc1cc(NC(=O)c2cnc[nH]2)c(F)cc1Br. The minimum absolute atomic E-state index is 0.144. The Morgan fingerprint density at radius 3 is 2.94 bits per heavy atom. The highest BCUT2D eigenvalue weighted by Crippen LogP contribution is 2.24.